The Kier molecular flexibility index (Phi) is 4.34. The van der Waals surface area contributed by atoms with E-state index >= 15 is 0 Å². The fourth-order valence-corrected chi connectivity index (χ4v) is 3.78. The summed E-state index contributed by atoms with van der Waals surface area (Å²) in [6, 6.07) is 18.5. The van der Waals surface area contributed by atoms with Crippen molar-refractivity contribution >= 4 is 34.0 Å². The summed E-state index contributed by atoms with van der Waals surface area (Å²) in [6.07, 6.45) is 3.12. The Morgan fingerprint density at radius 2 is 1.93 bits per heavy atom. The van der Waals surface area contributed by atoms with Gasteiger partial charge in [-0.15, -0.1) is 11.3 Å². The number of hydrogen-bond donors (Lipinski definition) is 1. The summed E-state index contributed by atoms with van der Waals surface area (Å²) in [5.41, 5.74) is 5.12. The quantitative estimate of drug-likeness (QED) is 0.446. The number of benzene rings is 2. The van der Waals surface area contributed by atoms with Crippen LogP contribution in [0.5, 0.6) is 0 Å². The van der Waals surface area contributed by atoms with Gasteiger partial charge in [-0.25, -0.2) is 9.97 Å². The van der Waals surface area contributed by atoms with Gasteiger partial charge < -0.3 is 9.73 Å². The van der Waals surface area contributed by atoms with E-state index in [1.165, 1.54) is 17.7 Å². The van der Waals surface area contributed by atoms with Gasteiger partial charge in [0.05, 0.1) is 11.4 Å². The minimum Gasteiger partial charge on any atom is -0.443 e. The number of nitrogens with one attached hydrogen (secondary N) is 1. The van der Waals surface area contributed by atoms with Crippen molar-refractivity contribution in [3.8, 4) is 22.0 Å². The van der Waals surface area contributed by atoms with E-state index in [0.717, 1.165) is 22.0 Å². The second kappa shape index (κ2) is 7.29. The SMILES string of the molecule is O=C(Nc1cccc(-c2csc(-c3ccccn3)n2)c1)c1ccc2ocnc2c1. The van der Waals surface area contributed by atoms with E-state index in [-0.39, 0.29) is 5.91 Å². The smallest absolute Gasteiger partial charge is 0.255 e. The number of anilines is 1. The summed E-state index contributed by atoms with van der Waals surface area (Å²) in [7, 11) is 0. The van der Waals surface area contributed by atoms with E-state index in [2.05, 4.69) is 20.3 Å². The molecule has 0 aliphatic rings. The molecule has 1 amide bonds. The lowest BCUT2D eigenvalue weighted by Crippen LogP contribution is -2.11. The molecule has 0 bridgehead atoms. The van der Waals surface area contributed by atoms with Crippen molar-refractivity contribution < 1.29 is 9.21 Å². The van der Waals surface area contributed by atoms with E-state index in [1.807, 2.05) is 47.8 Å². The first-order chi connectivity index (χ1) is 14.3. The molecule has 0 spiro atoms. The van der Waals surface area contributed by atoms with Gasteiger partial charge in [0, 0.05) is 28.4 Å². The number of aromatic nitrogens is 3. The number of rotatable bonds is 4. The average Bonchev–Trinajstić information content (AvgIpc) is 3.44. The van der Waals surface area contributed by atoms with Crippen molar-refractivity contribution in [1.29, 1.82) is 0 Å². The average molecular weight is 398 g/mol. The lowest BCUT2D eigenvalue weighted by Gasteiger charge is -2.07. The number of carbonyl (C=O) groups excluding carboxylic acids is 1. The highest BCUT2D eigenvalue weighted by Gasteiger charge is 2.11. The number of thiazole rings is 1. The molecule has 140 valence electrons. The number of nitrogens with zero attached hydrogens (tertiary/aromatic N) is 3. The van der Waals surface area contributed by atoms with Crippen molar-refractivity contribution in [2.24, 2.45) is 0 Å². The van der Waals surface area contributed by atoms with Crippen LogP contribution in [-0.2, 0) is 0 Å². The van der Waals surface area contributed by atoms with E-state index in [1.54, 1.807) is 24.4 Å². The van der Waals surface area contributed by atoms with Gasteiger partial charge in [-0.3, -0.25) is 9.78 Å². The Morgan fingerprint density at radius 3 is 2.83 bits per heavy atom. The lowest BCUT2D eigenvalue weighted by molar-refractivity contribution is 0.102. The van der Waals surface area contributed by atoms with Gasteiger partial charge in [0.2, 0.25) is 0 Å². The highest BCUT2D eigenvalue weighted by atomic mass is 32.1. The third kappa shape index (κ3) is 3.51. The Labute approximate surface area is 169 Å². The number of fused-ring (bicyclic) bond motifs is 1. The summed E-state index contributed by atoms with van der Waals surface area (Å²) in [5.74, 6) is -0.209. The van der Waals surface area contributed by atoms with Gasteiger partial charge in [0.25, 0.3) is 5.91 Å². The number of oxazole rings is 1. The van der Waals surface area contributed by atoms with Crippen LogP contribution in [0.3, 0.4) is 0 Å². The zero-order chi connectivity index (χ0) is 19.6. The molecule has 0 unspecified atom stereocenters. The van der Waals surface area contributed by atoms with E-state index in [0.29, 0.717) is 22.4 Å². The van der Waals surface area contributed by atoms with Crippen molar-refractivity contribution in [2.75, 3.05) is 5.32 Å². The van der Waals surface area contributed by atoms with Crippen LogP contribution in [0, 0.1) is 0 Å². The first-order valence-corrected chi connectivity index (χ1v) is 9.76. The summed E-state index contributed by atoms with van der Waals surface area (Å²) < 4.78 is 5.22. The predicted octanol–water partition coefficient (Wildman–Crippen LogP) is 5.27. The maximum atomic E-state index is 12.6. The molecule has 0 aliphatic heterocycles. The van der Waals surface area contributed by atoms with Gasteiger partial charge in [0.1, 0.15) is 10.5 Å². The molecular weight excluding hydrogens is 384 g/mol. The third-order valence-electron chi connectivity index (χ3n) is 4.40. The molecule has 0 aliphatic carbocycles. The summed E-state index contributed by atoms with van der Waals surface area (Å²) in [6.45, 7) is 0. The predicted molar refractivity (Wildman–Crippen MR) is 113 cm³/mol. The standard InChI is InChI=1S/C22H14N4O2S/c27-21(15-7-8-20-18(11-15)24-13-28-20)25-16-5-3-4-14(10-16)19-12-29-22(26-19)17-6-1-2-9-23-17/h1-13H,(H,25,27). The molecule has 0 saturated heterocycles. The van der Waals surface area contributed by atoms with Crippen molar-refractivity contribution in [3.63, 3.8) is 0 Å². The van der Waals surface area contributed by atoms with Gasteiger partial charge in [0.15, 0.2) is 12.0 Å². The molecule has 0 saturated carbocycles. The topological polar surface area (TPSA) is 80.9 Å². The van der Waals surface area contributed by atoms with E-state index < -0.39 is 0 Å². The molecule has 29 heavy (non-hydrogen) atoms. The minimum atomic E-state index is -0.209. The van der Waals surface area contributed by atoms with Crippen LogP contribution >= 0.6 is 11.3 Å². The van der Waals surface area contributed by atoms with Gasteiger partial charge in [-0.2, -0.15) is 0 Å². The number of hydrogen-bond acceptors (Lipinski definition) is 6. The number of amides is 1. The fourth-order valence-electron chi connectivity index (χ4n) is 2.97. The first kappa shape index (κ1) is 17.3. The van der Waals surface area contributed by atoms with Crippen molar-refractivity contribution in [3.05, 3.63) is 84.2 Å². The summed E-state index contributed by atoms with van der Waals surface area (Å²) in [4.78, 5) is 25.7. The molecule has 3 aromatic heterocycles. The Bertz CT molecular complexity index is 1310. The highest BCUT2D eigenvalue weighted by molar-refractivity contribution is 7.13. The minimum absolute atomic E-state index is 0.209. The van der Waals surface area contributed by atoms with Crippen LogP contribution < -0.4 is 5.32 Å². The maximum absolute atomic E-state index is 12.6. The summed E-state index contributed by atoms with van der Waals surface area (Å²) in [5, 5.41) is 5.78. The van der Waals surface area contributed by atoms with Crippen LogP contribution in [0.1, 0.15) is 10.4 Å². The van der Waals surface area contributed by atoms with E-state index in [9.17, 15) is 4.79 Å². The molecule has 0 radical (unpaired) electrons. The Morgan fingerprint density at radius 1 is 0.966 bits per heavy atom. The van der Waals surface area contributed by atoms with Crippen LogP contribution in [0.15, 0.2) is 83.1 Å². The van der Waals surface area contributed by atoms with Gasteiger partial charge in [-0.05, 0) is 42.5 Å². The molecular formula is C22H14N4O2S. The second-order valence-corrected chi connectivity index (χ2v) is 7.18. The zero-order valence-corrected chi connectivity index (χ0v) is 15.9. The second-order valence-electron chi connectivity index (χ2n) is 6.32. The Balaban J connectivity index is 1.38. The molecule has 5 aromatic rings. The van der Waals surface area contributed by atoms with Crippen LogP contribution in [-0.4, -0.2) is 20.9 Å². The molecule has 2 aromatic carbocycles. The van der Waals surface area contributed by atoms with Crippen molar-refractivity contribution in [1.82, 2.24) is 15.0 Å². The number of carbonyl (C=O) groups is 1. The number of pyridine rings is 1. The molecule has 1 N–H and O–H groups in total. The van der Waals surface area contributed by atoms with Gasteiger partial charge in [-0.1, -0.05) is 18.2 Å². The molecule has 0 fully saturated rings. The highest BCUT2D eigenvalue weighted by Crippen LogP contribution is 2.29. The molecule has 7 heteroatoms. The normalized spacial score (nSPS) is 10.9. The largest absolute Gasteiger partial charge is 0.443 e. The van der Waals surface area contributed by atoms with Crippen molar-refractivity contribution in [2.45, 2.75) is 0 Å². The molecule has 6 nitrogen and oxygen atoms in total. The van der Waals surface area contributed by atoms with Crippen LogP contribution in [0.25, 0.3) is 33.1 Å². The van der Waals surface area contributed by atoms with Crippen LogP contribution in [0.2, 0.25) is 0 Å². The van der Waals surface area contributed by atoms with Crippen LogP contribution in [0.4, 0.5) is 5.69 Å². The van der Waals surface area contributed by atoms with Gasteiger partial charge >= 0.3 is 0 Å². The monoisotopic (exact) mass is 398 g/mol. The maximum Gasteiger partial charge on any atom is 0.255 e. The van der Waals surface area contributed by atoms with E-state index in [4.69, 9.17) is 4.42 Å². The first-order valence-electron chi connectivity index (χ1n) is 8.88. The Hall–Kier alpha value is -3.84. The lowest BCUT2D eigenvalue weighted by atomic mass is 10.1. The molecule has 3 heterocycles. The fraction of sp³-hybridized carbons (Fsp3) is 0. The molecule has 0 atom stereocenters. The third-order valence-corrected chi connectivity index (χ3v) is 5.26. The zero-order valence-electron chi connectivity index (χ0n) is 15.1. The summed E-state index contributed by atoms with van der Waals surface area (Å²) >= 11 is 1.54. The molecule has 5 rings (SSSR count).